The highest BCUT2D eigenvalue weighted by atomic mass is 35.5. The minimum absolute atomic E-state index is 0.0435. The molecule has 0 saturated heterocycles. The molecule has 0 saturated carbocycles. The molecule has 29 heavy (non-hydrogen) atoms. The quantitative estimate of drug-likeness (QED) is 0.312. The minimum atomic E-state index is -0.450. The van der Waals surface area contributed by atoms with Gasteiger partial charge in [-0.3, -0.25) is 10.1 Å². The van der Waals surface area contributed by atoms with Crippen LogP contribution in [0, 0.1) is 17.0 Å². The maximum absolute atomic E-state index is 11.2. The number of non-ortho nitro benzene ring substituents is 1. The Morgan fingerprint density at radius 2 is 1.93 bits per heavy atom. The number of fused-ring (bicyclic) bond motifs is 1. The number of benzene rings is 2. The lowest BCUT2D eigenvalue weighted by molar-refractivity contribution is -0.384. The molecule has 4 rings (SSSR count). The molecule has 0 radical (unpaired) electrons. The summed E-state index contributed by atoms with van der Waals surface area (Å²) in [6.45, 7) is 2.02. The molecule has 9 heteroatoms. The molecular formula is C20H15ClN4O3S. The molecular weight excluding hydrogens is 412 g/mol. The number of ether oxygens (including phenoxy) is 1. The molecule has 7 nitrogen and oxygen atoms in total. The molecule has 0 bridgehead atoms. The second-order valence-corrected chi connectivity index (χ2v) is 7.85. The topological polar surface area (TPSA) is 90.2 Å². The van der Waals surface area contributed by atoms with Gasteiger partial charge in [0.2, 0.25) is 0 Å². The van der Waals surface area contributed by atoms with Gasteiger partial charge < -0.3 is 10.1 Å². The highest BCUT2D eigenvalue weighted by molar-refractivity contribution is 7.19. The van der Waals surface area contributed by atoms with Gasteiger partial charge in [-0.15, -0.1) is 11.3 Å². The van der Waals surface area contributed by atoms with E-state index >= 15 is 0 Å². The standard InChI is InChI=1S/C20H15ClN4O3S/c1-11-17(12-3-5-13(21)6-4-12)18-19(22-10-23-20(18)29-11)24-15-9-14(25(26)27)7-8-16(15)28-2/h3-10H,1-2H3,(H,22,23,24). The van der Waals surface area contributed by atoms with Crippen LogP contribution in [0.4, 0.5) is 17.2 Å². The van der Waals surface area contributed by atoms with Crippen LogP contribution in [0.2, 0.25) is 5.02 Å². The number of nitro groups is 1. The largest absolute Gasteiger partial charge is 0.495 e. The van der Waals surface area contributed by atoms with E-state index < -0.39 is 4.92 Å². The lowest BCUT2D eigenvalue weighted by Gasteiger charge is -2.12. The molecule has 0 spiro atoms. The van der Waals surface area contributed by atoms with Crippen molar-refractivity contribution >= 4 is 50.3 Å². The maximum atomic E-state index is 11.2. The SMILES string of the molecule is COc1ccc([N+](=O)[O-])cc1Nc1ncnc2sc(C)c(-c3ccc(Cl)cc3)c12. The van der Waals surface area contributed by atoms with E-state index in [0.29, 0.717) is 22.3 Å². The minimum Gasteiger partial charge on any atom is -0.495 e. The van der Waals surface area contributed by atoms with Gasteiger partial charge in [-0.1, -0.05) is 23.7 Å². The van der Waals surface area contributed by atoms with Crippen molar-refractivity contribution in [3.8, 4) is 16.9 Å². The number of nitro benzene ring substituents is 1. The first-order valence-electron chi connectivity index (χ1n) is 8.57. The van der Waals surface area contributed by atoms with Crippen molar-refractivity contribution < 1.29 is 9.66 Å². The van der Waals surface area contributed by atoms with E-state index in [0.717, 1.165) is 26.2 Å². The highest BCUT2D eigenvalue weighted by Crippen LogP contribution is 2.42. The summed E-state index contributed by atoms with van der Waals surface area (Å²) in [5.74, 6) is 1.02. The molecule has 0 aliphatic carbocycles. The van der Waals surface area contributed by atoms with Crippen molar-refractivity contribution in [2.45, 2.75) is 6.92 Å². The molecule has 2 heterocycles. The van der Waals surface area contributed by atoms with Crippen LogP contribution in [-0.2, 0) is 0 Å². The van der Waals surface area contributed by atoms with Gasteiger partial charge in [0.05, 0.1) is 23.1 Å². The molecule has 1 N–H and O–H groups in total. The zero-order valence-corrected chi connectivity index (χ0v) is 17.0. The Kier molecular flexibility index (Phi) is 5.04. The Morgan fingerprint density at radius 3 is 2.62 bits per heavy atom. The predicted octanol–water partition coefficient (Wildman–Crippen LogP) is 5.98. The van der Waals surface area contributed by atoms with Crippen LogP contribution in [0.15, 0.2) is 48.8 Å². The van der Waals surface area contributed by atoms with Crippen LogP contribution in [0.3, 0.4) is 0 Å². The van der Waals surface area contributed by atoms with Crippen molar-refractivity contribution in [1.82, 2.24) is 9.97 Å². The fourth-order valence-corrected chi connectivity index (χ4v) is 4.28. The zero-order chi connectivity index (χ0) is 20.5. The average Bonchev–Trinajstić information content (AvgIpc) is 3.05. The molecule has 0 unspecified atom stereocenters. The fraction of sp³-hybridized carbons (Fsp3) is 0.100. The van der Waals surface area contributed by atoms with E-state index in [9.17, 15) is 10.1 Å². The molecule has 146 valence electrons. The molecule has 0 aliphatic heterocycles. The molecule has 0 fully saturated rings. The second-order valence-electron chi connectivity index (χ2n) is 6.21. The van der Waals surface area contributed by atoms with Crippen molar-refractivity contribution in [2.24, 2.45) is 0 Å². The van der Waals surface area contributed by atoms with Gasteiger partial charge in [0.25, 0.3) is 5.69 Å². The van der Waals surface area contributed by atoms with Crippen LogP contribution >= 0.6 is 22.9 Å². The van der Waals surface area contributed by atoms with Crippen molar-refractivity contribution in [1.29, 1.82) is 0 Å². The smallest absolute Gasteiger partial charge is 0.271 e. The van der Waals surface area contributed by atoms with Gasteiger partial charge in [-0.05, 0) is 30.7 Å². The van der Waals surface area contributed by atoms with E-state index in [4.69, 9.17) is 16.3 Å². The third-order valence-electron chi connectivity index (χ3n) is 4.44. The summed E-state index contributed by atoms with van der Waals surface area (Å²) in [6, 6.07) is 11.9. The molecule has 0 atom stereocenters. The number of nitrogens with one attached hydrogen (secondary N) is 1. The summed E-state index contributed by atoms with van der Waals surface area (Å²) in [6.07, 6.45) is 1.47. The molecule has 0 amide bonds. The average molecular weight is 427 g/mol. The van der Waals surface area contributed by atoms with E-state index in [1.54, 1.807) is 17.4 Å². The molecule has 2 aromatic heterocycles. The molecule has 4 aromatic rings. The van der Waals surface area contributed by atoms with Crippen LogP contribution in [0.25, 0.3) is 21.3 Å². The van der Waals surface area contributed by atoms with Crippen molar-refractivity contribution in [3.05, 3.63) is 68.8 Å². The van der Waals surface area contributed by atoms with Gasteiger partial charge >= 0.3 is 0 Å². The van der Waals surface area contributed by atoms with Gasteiger partial charge in [0.1, 0.15) is 22.7 Å². The number of halogens is 1. The summed E-state index contributed by atoms with van der Waals surface area (Å²) in [7, 11) is 1.51. The number of anilines is 2. The zero-order valence-electron chi connectivity index (χ0n) is 15.5. The van der Waals surface area contributed by atoms with Gasteiger partial charge in [0.15, 0.2) is 0 Å². The number of thiophene rings is 1. The van der Waals surface area contributed by atoms with Crippen LogP contribution < -0.4 is 10.1 Å². The summed E-state index contributed by atoms with van der Waals surface area (Å²) in [5.41, 5.74) is 2.39. The third kappa shape index (κ3) is 3.59. The Balaban J connectivity index is 1.89. The number of hydrogen-bond acceptors (Lipinski definition) is 7. The Bertz CT molecular complexity index is 1220. The first kappa shape index (κ1) is 19.1. The predicted molar refractivity (Wildman–Crippen MR) is 116 cm³/mol. The van der Waals surface area contributed by atoms with Crippen LogP contribution in [0.5, 0.6) is 5.75 Å². The van der Waals surface area contributed by atoms with E-state index in [2.05, 4.69) is 15.3 Å². The summed E-state index contributed by atoms with van der Waals surface area (Å²) < 4.78 is 5.36. The number of aromatic nitrogens is 2. The summed E-state index contributed by atoms with van der Waals surface area (Å²) >= 11 is 7.60. The normalized spacial score (nSPS) is 10.9. The highest BCUT2D eigenvalue weighted by Gasteiger charge is 2.19. The summed E-state index contributed by atoms with van der Waals surface area (Å²) in [4.78, 5) is 21.4. The van der Waals surface area contributed by atoms with Crippen LogP contribution in [-0.4, -0.2) is 22.0 Å². The Morgan fingerprint density at radius 1 is 1.17 bits per heavy atom. The van der Waals surface area contributed by atoms with Crippen LogP contribution in [0.1, 0.15) is 4.88 Å². The first-order chi connectivity index (χ1) is 14.0. The van der Waals surface area contributed by atoms with Gasteiger partial charge in [0, 0.05) is 27.6 Å². The number of nitrogens with zero attached hydrogens (tertiary/aromatic N) is 3. The number of hydrogen-bond donors (Lipinski definition) is 1. The Hall–Kier alpha value is -3.23. The van der Waals surface area contributed by atoms with Crippen molar-refractivity contribution in [2.75, 3.05) is 12.4 Å². The lowest BCUT2D eigenvalue weighted by Crippen LogP contribution is -1.99. The number of rotatable bonds is 5. The number of aryl methyl sites for hydroxylation is 1. The van der Waals surface area contributed by atoms with Gasteiger partial charge in [-0.2, -0.15) is 0 Å². The van der Waals surface area contributed by atoms with E-state index in [-0.39, 0.29) is 5.69 Å². The fourth-order valence-electron chi connectivity index (χ4n) is 3.14. The monoisotopic (exact) mass is 426 g/mol. The third-order valence-corrected chi connectivity index (χ3v) is 5.71. The summed E-state index contributed by atoms with van der Waals surface area (Å²) in [5, 5.41) is 15.9. The first-order valence-corrected chi connectivity index (χ1v) is 9.77. The van der Waals surface area contributed by atoms with Crippen molar-refractivity contribution in [3.63, 3.8) is 0 Å². The van der Waals surface area contributed by atoms with Gasteiger partial charge in [-0.25, -0.2) is 9.97 Å². The Labute approximate surface area is 175 Å². The van der Waals surface area contributed by atoms with E-state index in [1.807, 2.05) is 31.2 Å². The second kappa shape index (κ2) is 7.65. The molecule has 0 aliphatic rings. The maximum Gasteiger partial charge on any atom is 0.271 e. The number of methoxy groups -OCH3 is 1. The lowest BCUT2D eigenvalue weighted by atomic mass is 10.0. The molecule has 2 aromatic carbocycles. The van der Waals surface area contributed by atoms with E-state index in [1.165, 1.54) is 25.6 Å².